The van der Waals surface area contributed by atoms with Crippen LogP contribution < -0.4 is 0 Å². The number of carbonyl (C=O) groups excluding carboxylic acids is 1. The Morgan fingerprint density at radius 1 is 0.933 bits per heavy atom. The van der Waals surface area contributed by atoms with E-state index in [1.165, 1.54) is 13.8 Å². The zero-order valence-electron chi connectivity index (χ0n) is 9.04. The van der Waals surface area contributed by atoms with E-state index in [2.05, 4.69) is 12.2 Å². The number of hydrogen-bond donors (Lipinski definition) is 0. The summed E-state index contributed by atoms with van der Waals surface area (Å²) >= 11 is 4.54. The summed E-state index contributed by atoms with van der Waals surface area (Å²) in [6.07, 6.45) is 2.32. The van der Waals surface area contributed by atoms with E-state index in [-0.39, 0.29) is 20.6 Å². The Morgan fingerprint density at radius 3 is 0.933 bits per heavy atom. The van der Waals surface area contributed by atoms with Gasteiger partial charge in [0, 0.05) is 12.5 Å². The maximum absolute atomic E-state index is 9.63. The molecule has 0 N–H and O–H groups in total. The van der Waals surface area contributed by atoms with Crippen LogP contribution in [0.2, 0.25) is 0 Å². The fraction of sp³-hybridized carbons (Fsp3) is 0.800. The smallest absolute Gasteiger partial charge is 0.144 e. The highest BCUT2D eigenvalue weighted by atomic mass is 32.2. The van der Waals surface area contributed by atoms with E-state index in [0.29, 0.717) is 0 Å². The first kappa shape index (κ1) is 29.3. The quantitative estimate of drug-likeness (QED) is 0.627. The van der Waals surface area contributed by atoms with Crippen LogP contribution in [-0.4, -0.2) is 31.6 Å². The minimum absolute atomic E-state index is 0. The molecule has 0 unspecified atom stereocenters. The van der Waals surface area contributed by atoms with Gasteiger partial charge in [0.25, 0.3) is 0 Å². The summed E-state index contributed by atoms with van der Waals surface area (Å²) < 4.78 is 19.3. The second kappa shape index (κ2) is 16.2. The van der Waals surface area contributed by atoms with Crippen molar-refractivity contribution in [3.63, 3.8) is 0 Å². The molecule has 0 aliphatic heterocycles. The van der Waals surface area contributed by atoms with Crippen molar-refractivity contribution in [2.45, 2.75) is 42.5 Å². The van der Waals surface area contributed by atoms with Crippen LogP contribution in [0.25, 0.3) is 0 Å². The number of ketones is 1. The highest BCUT2D eigenvalue weighted by molar-refractivity contribution is 7.89. The average molecular weight is 258 g/mol. The first-order valence-corrected chi connectivity index (χ1v) is 6.27. The molecule has 0 amide bonds. The molecular weight excluding hydrogens is 232 g/mol. The van der Waals surface area contributed by atoms with Crippen LogP contribution in [0.1, 0.15) is 42.5 Å². The van der Waals surface area contributed by atoms with Crippen LogP contribution in [0, 0.1) is 0 Å². The minimum Gasteiger partial charge on any atom is -0.300 e. The summed E-state index contributed by atoms with van der Waals surface area (Å²) in [6, 6.07) is 0. The molecule has 0 spiro atoms. The van der Waals surface area contributed by atoms with Crippen molar-refractivity contribution in [2.75, 3.05) is 12.5 Å². The molecule has 0 aromatic rings. The van der Waals surface area contributed by atoms with E-state index in [1.807, 2.05) is 13.8 Å². The Morgan fingerprint density at radius 2 is 0.933 bits per heavy atom. The van der Waals surface area contributed by atoms with Crippen molar-refractivity contribution in [1.82, 2.24) is 0 Å². The van der Waals surface area contributed by atoms with Gasteiger partial charge >= 0.3 is 0 Å². The van der Waals surface area contributed by atoms with Gasteiger partial charge in [-0.05, 0) is 32.6 Å². The Bertz CT molecular complexity index is 213. The van der Waals surface area contributed by atoms with Gasteiger partial charge in [-0.1, -0.05) is 27.1 Å². The average Bonchev–Trinajstić information content (AvgIpc) is 1.50. The lowest BCUT2D eigenvalue weighted by molar-refractivity contribution is -0.114. The van der Waals surface area contributed by atoms with E-state index in [4.69, 9.17) is 0 Å². The van der Waals surface area contributed by atoms with Gasteiger partial charge in [-0.3, -0.25) is 0 Å². The molecule has 3 nitrogen and oxygen atoms in total. The summed E-state index contributed by atoms with van der Waals surface area (Å²) in [4.78, 5) is 10.4. The Kier molecular flexibility index (Phi) is 31.6. The third-order valence-corrected chi connectivity index (χ3v) is 0. The van der Waals surface area contributed by atoms with Crippen LogP contribution in [0.5, 0.6) is 0 Å². The largest absolute Gasteiger partial charge is 0.300 e. The van der Waals surface area contributed by atoms with Crippen molar-refractivity contribution in [1.29, 1.82) is 0 Å². The fourth-order valence-electron chi connectivity index (χ4n) is 0. The summed E-state index contributed by atoms with van der Waals surface area (Å²) in [5, 5.41) is 0. The molecule has 0 heterocycles. The van der Waals surface area contributed by atoms with Crippen LogP contribution in [-0.2, 0) is 14.6 Å². The van der Waals surface area contributed by atoms with Crippen molar-refractivity contribution >= 4 is 32.7 Å². The lowest BCUT2D eigenvalue weighted by Gasteiger charge is -1.69. The van der Waals surface area contributed by atoms with Crippen LogP contribution >= 0.6 is 12.2 Å². The lowest BCUT2D eigenvalue weighted by Crippen LogP contribution is -1.86. The number of Topliss-reactive ketones (excluding diaryl/α,β-unsaturated/α-hetero) is 1. The van der Waals surface area contributed by atoms with Crippen LogP contribution in [0.15, 0.2) is 0 Å². The topological polar surface area (TPSA) is 51.2 Å². The first-order chi connectivity index (χ1) is 5.46. The highest BCUT2D eigenvalue weighted by Gasteiger charge is 1.79. The molecule has 0 aliphatic carbocycles. The van der Waals surface area contributed by atoms with Gasteiger partial charge in [-0.25, -0.2) is 8.42 Å². The molecule has 0 saturated heterocycles. The lowest BCUT2D eigenvalue weighted by atomic mass is 10.6. The van der Waals surface area contributed by atoms with Gasteiger partial charge in [-0.2, -0.15) is 0 Å². The number of rotatable bonds is 0. The zero-order chi connectivity index (χ0) is 11.7. The van der Waals surface area contributed by atoms with E-state index < -0.39 is 9.84 Å². The number of carbonyl (C=O) groups is 1. The second-order valence-electron chi connectivity index (χ2n) is 2.96. The molecule has 0 fully saturated rings. The summed E-state index contributed by atoms with van der Waals surface area (Å²) in [5.74, 6) is 0.167. The Labute approximate surface area is 101 Å². The van der Waals surface area contributed by atoms with Gasteiger partial charge in [-0.15, -0.1) is 0 Å². The van der Waals surface area contributed by atoms with Crippen molar-refractivity contribution in [3.8, 4) is 0 Å². The van der Waals surface area contributed by atoms with Gasteiger partial charge in [0.1, 0.15) is 15.6 Å². The Balaban J connectivity index is -0.0000000315. The molecule has 96 valence electrons. The second-order valence-corrected chi connectivity index (χ2v) is 6.06. The highest BCUT2D eigenvalue weighted by Crippen LogP contribution is 1.62. The molecular formula is C10H26O3S2. The van der Waals surface area contributed by atoms with Gasteiger partial charge in [0.2, 0.25) is 0 Å². The molecule has 0 aromatic heterocycles. The number of sulfone groups is 1. The van der Waals surface area contributed by atoms with Crippen LogP contribution in [0.4, 0.5) is 0 Å². The number of thiocarbonyl (C=S) groups is 1. The normalized spacial score (nSPS) is 7.33. The molecule has 0 rings (SSSR count). The molecule has 5 heteroatoms. The van der Waals surface area contributed by atoms with Gasteiger partial charge < -0.3 is 4.79 Å². The maximum atomic E-state index is 9.63. The molecule has 0 aliphatic rings. The summed E-state index contributed by atoms with van der Waals surface area (Å²) in [7, 11) is -2.67. The third kappa shape index (κ3) is 22400. The first-order valence-electron chi connectivity index (χ1n) is 3.56. The van der Waals surface area contributed by atoms with Crippen molar-refractivity contribution < 1.29 is 13.2 Å². The van der Waals surface area contributed by atoms with Crippen molar-refractivity contribution in [3.05, 3.63) is 0 Å². The molecule has 0 atom stereocenters. The molecule has 0 radical (unpaired) electrons. The predicted molar refractivity (Wildman–Crippen MR) is 74.5 cm³/mol. The molecule has 0 aromatic carbocycles. The SMILES string of the molecule is C.C.CC(C)=O.CC(C)=S.CS(C)(=O)=O. The van der Waals surface area contributed by atoms with Crippen molar-refractivity contribution in [2.24, 2.45) is 0 Å². The summed E-state index contributed by atoms with van der Waals surface area (Å²) in [5.41, 5.74) is 0. The van der Waals surface area contributed by atoms with E-state index >= 15 is 0 Å². The molecule has 0 saturated carbocycles. The van der Waals surface area contributed by atoms with E-state index in [9.17, 15) is 13.2 Å². The van der Waals surface area contributed by atoms with Gasteiger partial charge in [0.15, 0.2) is 0 Å². The molecule has 15 heavy (non-hydrogen) atoms. The fourth-order valence-corrected chi connectivity index (χ4v) is 0. The molecule has 0 bridgehead atoms. The van der Waals surface area contributed by atoms with Crippen LogP contribution in [0.3, 0.4) is 0 Å². The van der Waals surface area contributed by atoms with Gasteiger partial charge in [0.05, 0.1) is 0 Å². The van der Waals surface area contributed by atoms with E-state index in [0.717, 1.165) is 17.4 Å². The Hall–Kier alpha value is -0.290. The zero-order valence-corrected chi connectivity index (χ0v) is 10.7. The summed E-state index contributed by atoms with van der Waals surface area (Å²) in [6.45, 7) is 6.85. The van der Waals surface area contributed by atoms with E-state index in [1.54, 1.807) is 0 Å². The minimum atomic E-state index is -2.67. The standard InChI is InChI=1S/C3H6O.C3H6S.C2H6O2S.2CH4/c2*1-3(2)4;1-5(2,3)4;;/h2*1-2H3;1-2H3;2*1H4. The third-order valence-electron chi connectivity index (χ3n) is 0. The number of hydrogen-bond acceptors (Lipinski definition) is 4. The predicted octanol–water partition coefficient (Wildman–Crippen LogP) is 2.92. The monoisotopic (exact) mass is 258 g/mol. The maximum Gasteiger partial charge on any atom is 0.144 e.